The highest BCUT2D eigenvalue weighted by atomic mass is 16.3. The highest BCUT2D eigenvalue weighted by Gasteiger charge is 2.49. The molecule has 0 radical (unpaired) electrons. The highest BCUT2D eigenvalue weighted by Crippen LogP contribution is 2.62. The van der Waals surface area contributed by atoms with Gasteiger partial charge in [-0.15, -0.1) is 0 Å². The molecule has 0 saturated carbocycles. The first kappa shape index (κ1) is 35.5. The molecule has 63 heavy (non-hydrogen) atoms. The number of hydrogen-bond acceptors (Lipinski definition) is 2. The zero-order valence-corrected chi connectivity index (χ0v) is 34.4. The lowest BCUT2D eigenvalue weighted by Gasteiger charge is -2.36. The number of fused-ring (bicyclic) bond motifs is 15. The third-order valence-corrected chi connectivity index (χ3v) is 13.5. The minimum absolute atomic E-state index is 0.577. The average molecular weight is 802 g/mol. The Kier molecular flexibility index (Phi) is 7.85. The summed E-state index contributed by atoms with van der Waals surface area (Å²) in [6.07, 6.45) is 0. The zero-order valence-electron chi connectivity index (χ0n) is 34.4. The maximum Gasteiger partial charge on any atom is 0.143 e. The fraction of sp³-hybridized carbons (Fsp3) is 0.0164. The fourth-order valence-corrected chi connectivity index (χ4v) is 10.8. The van der Waals surface area contributed by atoms with Crippen molar-refractivity contribution in [2.45, 2.75) is 5.41 Å². The van der Waals surface area contributed by atoms with Crippen LogP contribution >= 0.6 is 0 Å². The van der Waals surface area contributed by atoms with Crippen LogP contribution in [-0.4, -0.2) is 0 Å². The molecule has 0 fully saturated rings. The molecule has 0 amide bonds. The predicted molar refractivity (Wildman–Crippen MR) is 261 cm³/mol. The van der Waals surface area contributed by atoms with Crippen molar-refractivity contribution in [2.24, 2.45) is 0 Å². The van der Waals surface area contributed by atoms with E-state index >= 15 is 0 Å². The Morgan fingerprint density at radius 2 is 0.730 bits per heavy atom. The normalized spacial score (nSPS) is 12.9. The Morgan fingerprint density at radius 1 is 0.286 bits per heavy atom. The van der Waals surface area contributed by atoms with Gasteiger partial charge < -0.3 is 9.32 Å². The number of rotatable bonds is 5. The van der Waals surface area contributed by atoms with Gasteiger partial charge in [-0.25, -0.2) is 0 Å². The Labute approximate surface area is 366 Å². The van der Waals surface area contributed by atoms with Gasteiger partial charge in [-0.3, -0.25) is 0 Å². The number of para-hydroxylation sites is 2. The molecule has 2 aliphatic rings. The van der Waals surface area contributed by atoms with Crippen LogP contribution in [0.1, 0.15) is 22.3 Å². The molecule has 1 spiro atoms. The summed E-state index contributed by atoms with van der Waals surface area (Å²) in [7, 11) is 0. The summed E-state index contributed by atoms with van der Waals surface area (Å²) in [5.41, 5.74) is 21.8. The molecular formula is C61H39NO. The standard InChI is InChI=1S/C61H39NO/c1-2-15-40(16-3-1)41-29-33-43(34-30-41)62(44-35-31-42(32-36-44)46-23-14-24-54-53-22-9-13-28-59(53)63-60(46)54)45-37-38-52-51-21-8-12-27-57(51)61(58(52)39-45)55-25-10-6-19-49(55)47-17-4-5-18-48(47)50-20-7-11-26-56(50)61/h1-39H. The summed E-state index contributed by atoms with van der Waals surface area (Å²) in [5, 5.41) is 2.26. The van der Waals surface area contributed by atoms with Crippen molar-refractivity contribution in [3.8, 4) is 55.6 Å². The van der Waals surface area contributed by atoms with Gasteiger partial charge >= 0.3 is 0 Å². The fourth-order valence-electron chi connectivity index (χ4n) is 10.8. The van der Waals surface area contributed by atoms with Crippen molar-refractivity contribution in [1.82, 2.24) is 0 Å². The van der Waals surface area contributed by atoms with E-state index in [0.717, 1.165) is 50.1 Å². The van der Waals surface area contributed by atoms with Gasteiger partial charge in [0.25, 0.3) is 0 Å². The van der Waals surface area contributed by atoms with Gasteiger partial charge in [-0.05, 0) is 115 Å². The minimum Gasteiger partial charge on any atom is -0.455 e. The lowest BCUT2D eigenvalue weighted by atomic mass is 9.66. The molecule has 294 valence electrons. The summed E-state index contributed by atoms with van der Waals surface area (Å²) >= 11 is 0. The van der Waals surface area contributed by atoms with Crippen molar-refractivity contribution in [3.63, 3.8) is 0 Å². The lowest BCUT2D eigenvalue weighted by Crippen LogP contribution is -2.29. The first-order valence-electron chi connectivity index (χ1n) is 21.8. The smallest absolute Gasteiger partial charge is 0.143 e. The molecule has 10 aromatic carbocycles. The number of nitrogens with zero attached hydrogens (tertiary/aromatic N) is 1. The van der Waals surface area contributed by atoms with E-state index < -0.39 is 5.41 Å². The van der Waals surface area contributed by atoms with Gasteiger partial charge in [0, 0.05) is 33.4 Å². The maximum atomic E-state index is 6.50. The Balaban J connectivity index is 1.03. The van der Waals surface area contributed by atoms with Crippen LogP contribution in [0.4, 0.5) is 17.1 Å². The summed E-state index contributed by atoms with van der Waals surface area (Å²) in [6.45, 7) is 0. The van der Waals surface area contributed by atoms with Crippen LogP contribution in [0.3, 0.4) is 0 Å². The van der Waals surface area contributed by atoms with E-state index in [-0.39, 0.29) is 0 Å². The molecule has 0 saturated heterocycles. The summed E-state index contributed by atoms with van der Waals surface area (Å²) in [5.74, 6) is 0. The molecule has 0 atom stereocenters. The molecule has 1 heterocycles. The van der Waals surface area contributed by atoms with E-state index in [4.69, 9.17) is 4.42 Å². The minimum atomic E-state index is -0.577. The first-order valence-corrected chi connectivity index (χ1v) is 21.8. The van der Waals surface area contributed by atoms with Crippen molar-refractivity contribution in [1.29, 1.82) is 0 Å². The van der Waals surface area contributed by atoms with Crippen LogP contribution in [-0.2, 0) is 5.41 Å². The van der Waals surface area contributed by atoms with Crippen LogP contribution < -0.4 is 4.90 Å². The van der Waals surface area contributed by atoms with E-state index in [1.807, 2.05) is 12.1 Å². The molecule has 0 aliphatic heterocycles. The number of furan rings is 1. The highest BCUT2D eigenvalue weighted by molar-refractivity contribution is 6.09. The van der Waals surface area contributed by atoms with Crippen molar-refractivity contribution >= 4 is 39.0 Å². The molecular weight excluding hydrogens is 763 g/mol. The molecule has 11 aromatic rings. The molecule has 0 bridgehead atoms. The average Bonchev–Trinajstić information content (AvgIpc) is 3.85. The van der Waals surface area contributed by atoms with Crippen LogP contribution in [0.2, 0.25) is 0 Å². The maximum absolute atomic E-state index is 6.50. The Morgan fingerprint density at radius 3 is 1.37 bits per heavy atom. The Hall–Kier alpha value is -8.20. The van der Waals surface area contributed by atoms with Crippen molar-refractivity contribution < 1.29 is 4.42 Å². The monoisotopic (exact) mass is 801 g/mol. The van der Waals surface area contributed by atoms with Crippen molar-refractivity contribution in [3.05, 3.63) is 259 Å². The molecule has 1 aromatic heterocycles. The van der Waals surface area contributed by atoms with E-state index in [2.05, 4.69) is 229 Å². The molecule has 13 rings (SSSR count). The topological polar surface area (TPSA) is 16.4 Å². The van der Waals surface area contributed by atoms with Crippen LogP contribution in [0.25, 0.3) is 77.6 Å². The summed E-state index contributed by atoms with van der Waals surface area (Å²) in [4.78, 5) is 2.42. The first-order chi connectivity index (χ1) is 31.3. The quantitative estimate of drug-likeness (QED) is 0.172. The molecule has 2 heteroatoms. The largest absolute Gasteiger partial charge is 0.455 e. The number of hydrogen-bond donors (Lipinski definition) is 0. The van der Waals surface area contributed by atoms with Gasteiger partial charge in [-0.1, -0.05) is 194 Å². The van der Waals surface area contributed by atoms with E-state index in [9.17, 15) is 0 Å². The summed E-state index contributed by atoms with van der Waals surface area (Å²) in [6, 6.07) is 86.7. The molecule has 2 nitrogen and oxygen atoms in total. The van der Waals surface area contributed by atoms with Gasteiger partial charge in [0.05, 0.1) is 5.41 Å². The molecule has 0 N–H and O–H groups in total. The Bertz CT molecular complexity index is 3490. The third kappa shape index (κ3) is 5.25. The number of benzene rings is 10. The van der Waals surface area contributed by atoms with E-state index in [1.165, 1.54) is 66.8 Å². The second-order valence-corrected chi connectivity index (χ2v) is 16.7. The summed E-state index contributed by atoms with van der Waals surface area (Å²) < 4.78 is 6.50. The number of anilines is 3. The third-order valence-electron chi connectivity index (χ3n) is 13.5. The predicted octanol–water partition coefficient (Wildman–Crippen LogP) is 16.4. The zero-order chi connectivity index (χ0) is 41.5. The lowest BCUT2D eigenvalue weighted by molar-refractivity contribution is 0.670. The van der Waals surface area contributed by atoms with Gasteiger partial charge in [0.15, 0.2) is 0 Å². The van der Waals surface area contributed by atoms with Gasteiger partial charge in [-0.2, -0.15) is 0 Å². The van der Waals surface area contributed by atoms with Crippen molar-refractivity contribution in [2.75, 3.05) is 4.90 Å². The second-order valence-electron chi connectivity index (χ2n) is 16.7. The van der Waals surface area contributed by atoms with E-state index in [0.29, 0.717) is 0 Å². The van der Waals surface area contributed by atoms with Crippen LogP contribution in [0, 0.1) is 0 Å². The SMILES string of the molecule is c1ccc(-c2ccc(N(c3ccc(-c4cccc5c4oc4ccccc45)cc3)c3ccc4c(c3)C3(c5ccccc5-c5ccccc5-c5ccccc53)c3ccccc3-4)cc2)cc1. The second kappa shape index (κ2) is 13.9. The van der Waals surface area contributed by atoms with Gasteiger partial charge in [0.2, 0.25) is 0 Å². The van der Waals surface area contributed by atoms with E-state index in [1.54, 1.807) is 0 Å². The molecule has 2 aliphatic carbocycles. The van der Waals surface area contributed by atoms with Gasteiger partial charge in [0.1, 0.15) is 11.2 Å². The molecule has 0 unspecified atom stereocenters. The van der Waals surface area contributed by atoms with Crippen LogP contribution in [0.15, 0.2) is 241 Å². The van der Waals surface area contributed by atoms with Crippen LogP contribution in [0.5, 0.6) is 0 Å².